The molecule has 0 N–H and O–H groups in total. The van der Waals surface area contributed by atoms with Crippen LogP contribution in [0.1, 0.15) is 20.7 Å². The molecule has 5 heteroatoms. The summed E-state index contributed by atoms with van der Waals surface area (Å²) >= 11 is 0. The lowest BCUT2D eigenvalue weighted by molar-refractivity contribution is 0.0130. The van der Waals surface area contributed by atoms with E-state index in [2.05, 4.69) is 0 Å². The van der Waals surface area contributed by atoms with Crippen molar-refractivity contribution in [2.24, 2.45) is 0 Å². The summed E-state index contributed by atoms with van der Waals surface area (Å²) in [5.74, 6) is -1.21. The Morgan fingerprint density at radius 2 is 1.41 bits per heavy atom. The minimum Gasteiger partial charge on any atom is -0.457 e. The number of ether oxygens (including phenoxy) is 2. The van der Waals surface area contributed by atoms with Crippen LogP contribution in [0.15, 0.2) is 60.7 Å². The van der Waals surface area contributed by atoms with Gasteiger partial charge in [-0.05, 0) is 24.3 Å². The molecule has 0 saturated heterocycles. The molecule has 0 spiro atoms. The van der Waals surface area contributed by atoms with E-state index in [0.29, 0.717) is 11.1 Å². The third kappa shape index (κ3) is 4.18. The fourth-order valence-electron chi connectivity index (χ4n) is 1.68. The summed E-state index contributed by atoms with van der Waals surface area (Å²) in [6, 6.07) is 18.5. The molecule has 5 nitrogen and oxygen atoms in total. The number of hydrogen-bond acceptors (Lipinski definition) is 5. The van der Waals surface area contributed by atoms with Gasteiger partial charge in [-0.3, -0.25) is 0 Å². The maximum atomic E-state index is 11.8. The predicted molar refractivity (Wildman–Crippen MR) is 78.0 cm³/mol. The summed E-state index contributed by atoms with van der Waals surface area (Å²) in [4.78, 5) is 23.6. The van der Waals surface area contributed by atoms with E-state index in [1.165, 1.54) is 0 Å². The Bertz CT molecular complexity index is 677. The summed E-state index contributed by atoms with van der Waals surface area (Å²) in [6.45, 7) is -0.317. The van der Waals surface area contributed by atoms with E-state index in [1.807, 2.05) is 0 Å². The SMILES string of the molecule is N#C[C@H](COC(=O)c1ccccc1)OC(=O)c1ccccc1. The molecule has 0 radical (unpaired) electrons. The maximum Gasteiger partial charge on any atom is 0.339 e. The fourth-order valence-corrected chi connectivity index (χ4v) is 1.68. The van der Waals surface area contributed by atoms with Crippen molar-refractivity contribution in [2.75, 3.05) is 6.61 Å². The van der Waals surface area contributed by atoms with Crippen molar-refractivity contribution in [3.63, 3.8) is 0 Å². The van der Waals surface area contributed by atoms with Crippen LogP contribution in [0.25, 0.3) is 0 Å². The minimum atomic E-state index is -1.15. The van der Waals surface area contributed by atoms with Crippen molar-refractivity contribution < 1.29 is 19.1 Å². The zero-order chi connectivity index (χ0) is 15.8. The number of nitrogens with zero attached hydrogens (tertiary/aromatic N) is 1. The molecule has 2 aromatic carbocycles. The summed E-state index contributed by atoms with van der Waals surface area (Å²) in [5, 5.41) is 8.99. The Hall–Kier alpha value is -3.13. The Morgan fingerprint density at radius 1 is 0.909 bits per heavy atom. The van der Waals surface area contributed by atoms with Crippen LogP contribution >= 0.6 is 0 Å². The Labute approximate surface area is 127 Å². The summed E-state index contributed by atoms with van der Waals surface area (Å²) < 4.78 is 9.97. The molecular formula is C17H13NO4. The van der Waals surface area contributed by atoms with E-state index < -0.39 is 18.0 Å². The zero-order valence-electron chi connectivity index (χ0n) is 11.6. The average Bonchev–Trinajstić information content (AvgIpc) is 2.59. The number of hydrogen-bond donors (Lipinski definition) is 0. The molecule has 0 unspecified atom stereocenters. The highest BCUT2D eigenvalue weighted by Crippen LogP contribution is 2.06. The van der Waals surface area contributed by atoms with Gasteiger partial charge in [0.15, 0.2) is 0 Å². The van der Waals surface area contributed by atoms with Gasteiger partial charge in [0.25, 0.3) is 0 Å². The van der Waals surface area contributed by atoms with Crippen molar-refractivity contribution >= 4 is 11.9 Å². The molecule has 0 bridgehead atoms. The van der Waals surface area contributed by atoms with Crippen LogP contribution in [0.3, 0.4) is 0 Å². The minimum absolute atomic E-state index is 0.317. The second kappa shape index (κ2) is 7.60. The number of rotatable bonds is 5. The molecule has 0 aliphatic rings. The predicted octanol–water partition coefficient (Wildman–Crippen LogP) is 2.59. The number of nitriles is 1. The Balaban J connectivity index is 1.89. The van der Waals surface area contributed by atoms with Crippen LogP contribution in [0.5, 0.6) is 0 Å². The molecule has 0 heterocycles. The smallest absolute Gasteiger partial charge is 0.339 e. The van der Waals surface area contributed by atoms with Crippen LogP contribution in [0, 0.1) is 11.3 Å². The van der Waals surface area contributed by atoms with Crippen LogP contribution in [0.4, 0.5) is 0 Å². The average molecular weight is 295 g/mol. The lowest BCUT2D eigenvalue weighted by Gasteiger charge is -2.11. The number of benzene rings is 2. The van der Waals surface area contributed by atoms with E-state index in [9.17, 15) is 9.59 Å². The first-order valence-corrected chi connectivity index (χ1v) is 6.58. The van der Waals surface area contributed by atoms with Gasteiger partial charge in [0.2, 0.25) is 6.10 Å². The third-order valence-corrected chi connectivity index (χ3v) is 2.78. The zero-order valence-corrected chi connectivity index (χ0v) is 11.6. The first kappa shape index (κ1) is 15.3. The molecule has 22 heavy (non-hydrogen) atoms. The molecule has 2 aromatic rings. The molecule has 110 valence electrons. The largest absolute Gasteiger partial charge is 0.457 e. The van der Waals surface area contributed by atoms with Crippen molar-refractivity contribution in [3.8, 4) is 6.07 Å². The standard InChI is InChI=1S/C17H13NO4/c18-11-15(22-17(20)14-9-5-2-6-10-14)12-21-16(19)13-7-3-1-4-8-13/h1-10,15H,12H2/t15-/m1/s1. The normalized spacial score (nSPS) is 11.0. The van der Waals surface area contributed by atoms with E-state index >= 15 is 0 Å². The highest BCUT2D eigenvalue weighted by molar-refractivity contribution is 5.90. The number of carbonyl (C=O) groups is 2. The van der Waals surface area contributed by atoms with Crippen LogP contribution in [-0.2, 0) is 9.47 Å². The van der Waals surface area contributed by atoms with E-state index in [1.54, 1.807) is 66.7 Å². The maximum absolute atomic E-state index is 11.8. The first-order chi connectivity index (χ1) is 10.7. The lowest BCUT2D eigenvalue weighted by Crippen LogP contribution is -2.24. The molecule has 2 rings (SSSR count). The molecule has 0 fully saturated rings. The van der Waals surface area contributed by atoms with Crippen molar-refractivity contribution in [2.45, 2.75) is 6.10 Å². The van der Waals surface area contributed by atoms with E-state index in [4.69, 9.17) is 14.7 Å². The quantitative estimate of drug-likeness (QED) is 0.792. The topological polar surface area (TPSA) is 76.4 Å². The van der Waals surface area contributed by atoms with Crippen molar-refractivity contribution in [1.82, 2.24) is 0 Å². The van der Waals surface area contributed by atoms with Gasteiger partial charge in [-0.1, -0.05) is 36.4 Å². The second-order valence-electron chi connectivity index (χ2n) is 4.35. The second-order valence-corrected chi connectivity index (χ2v) is 4.35. The van der Waals surface area contributed by atoms with Crippen molar-refractivity contribution in [1.29, 1.82) is 5.26 Å². The fraction of sp³-hybridized carbons (Fsp3) is 0.118. The van der Waals surface area contributed by atoms with Gasteiger partial charge >= 0.3 is 11.9 Å². The molecule has 0 amide bonds. The molecule has 0 aliphatic carbocycles. The molecule has 0 aliphatic heterocycles. The van der Waals surface area contributed by atoms with E-state index in [0.717, 1.165) is 0 Å². The number of carbonyl (C=O) groups excluding carboxylic acids is 2. The summed E-state index contributed by atoms with van der Waals surface area (Å²) in [7, 11) is 0. The Kier molecular flexibility index (Phi) is 5.27. The van der Waals surface area contributed by atoms with Gasteiger partial charge in [-0.15, -0.1) is 0 Å². The van der Waals surface area contributed by atoms with Gasteiger partial charge in [-0.2, -0.15) is 5.26 Å². The molecular weight excluding hydrogens is 282 g/mol. The van der Waals surface area contributed by atoms with Gasteiger partial charge in [0, 0.05) is 0 Å². The number of esters is 2. The highest BCUT2D eigenvalue weighted by atomic mass is 16.6. The Morgan fingerprint density at radius 3 is 1.91 bits per heavy atom. The third-order valence-electron chi connectivity index (χ3n) is 2.78. The van der Waals surface area contributed by atoms with E-state index in [-0.39, 0.29) is 6.61 Å². The van der Waals surface area contributed by atoms with Gasteiger partial charge < -0.3 is 9.47 Å². The van der Waals surface area contributed by atoms with Gasteiger partial charge in [0.05, 0.1) is 11.1 Å². The summed E-state index contributed by atoms with van der Waals surface area (Å²) in [6.07, 6.45) is -1.15. The van der Waals surface area contributed by atoms with Crippen LogP contribution < -0.4 is 0 Å². The molecule has 1 atom stereocenters. The highest BCUT2D eigenvalue weighted by Gasteiger charge is 2.17. The van der Waals surface area contributed by atoms with Gasteiger partial charge in [0.1, 0.15) is 12.7 Å². The lowest BCUT2D eigenvalue weighted by atomic mass is 10.2. The van der Waals surface area contributed by atoms with Crippen molar-refractivity contribution in [3.05, 3.63) is 71.8 Å². The first-order valence-electron chi connectivity index (χ1n) is 6.58. The summed E-state index contributed by atoms with van der Waals surface area (Å²) in [5.41, 5.74) is 0.700. The molecule has 0 aromatic heterocycles. The van der Waals surface area contributed by atoms with Crippen LogP contribution in [-0.4, -0.2) is 24.6 Å². The molecule has 0 saturated carbocycles. The monoisotopic (exact) mass is 295 g/mol. The van der Waals surface area contributed by atoms with Gasteiger partial charge in [-0.25, -0.2) is 9.59 Å². The van der Waals surface area contributed by atoms with Crippen LogP contribution in [0.2, 0.25) is 0 Å².